The molecule has 0 spiro atoms. The first-order chi connectivity index (χ1) is 30.1. The van der Waals surface area contributed by atoms with Gasteiger partial charge < -0.3 is 34.2 Å². The lowest BCUT2D eigenvalue weighted by molar-refractivity contribution is 0.122. The number of methoxy groups -OCH3 is 2. The number of hydrogen-bond donors (Lipinski definition) is 1. The standard InChI is InChI=1S/C29H31F2N7O2.C16H17ClF2N2O/c1-18-28(27-23(31)10-20(30)11-25(27)36-29(18)38-5-3-4-21(38)16-39-2)35-24-12-26(37-6-8-40-9-7-37)34-15-22(24)19-13-32-17-33-14-19;1-9-15(17)14-12(19)6-10(18)7-13(14)20-16(9)21-5-3-4-11(21)8-22-2/h10-15,17,21H,3-9,16H2,1-2H3,(H,34,35,36);6-7,11H,3-5,8H2,1-2H3/t21-;11-/m11/s1. The van der Waals surface area contributed by atoms with Crippen molar-refractivity contribution in [2.45, 2.75) is 51.6 Å². The number of fused-ring (bicyclic) bond motifs is 2. The Morgan fingerprint density at radius 3 is 1.90 bits per heavy atom. The fourth-order valence-corrected chi connectivity index (χ4v) is 9.01. The number of pyridine rings is 3. The van der Waals surface area contributed by atoms with E-state index in [9.17, 15) is 13.2 Å². The van der Waals surface area contributed by atoms with Crippen molar-refractivity contribution in [2.75, 3.05) is 86.8 Å². The Morgan fingerprint density at radius 2 is 1.31 bits per heavy atom. The van der Waals surface area contributed by atoms with Gasteiger partial charge in [0.2, 0.25) is 0 Å². The molecule has 9 rings (SSSR count). The van der Waals surface area contributed by atoms with E-state index in [0.717, 1.165) is 73.4 Å². The SMILES string of the molecule is COC[C@H]1CCCN1c1nc2cc(F)cc(F)c2c(Cl)c1C.COC[C@H]1CCCN1c1nc2cc(F)cc(F)c2c(Nc2cc(N3CCOCC3)ncc2-c2cncnc2)c1C. The van der Waals surface area contributed by atoms with Gasteiger partial charge >= 0.3 is 0 Å². The van der Waals surface area contributed by atoms with E-state index >= 15 is 4.39 Å². The van der Waals surface area contributed by atoms with E-state index < -0.39 is 23.3 Å². The topological polar surface area (TPSA) is 114 Å². The van der Waals surface area contributed by atoms with Crippen molar-refractivity contribution in [2.24, 2.45) is 0 Å². The minimum Gasteiger partial charge on any atom is -0.383 e. The number of nitrogens with one attached hydrogen (secondary N) is 1. The van der Waals surface area contributed by atoms with Crippen molar-refractivity contribution in [3.05, 3.63) is 94.7 Å². The number of nitrogens with zero attached hydrogens (tertiary/aromatic N) is 8. The maximum atomic E-state index is 15.5. The summed E-state index contributed by atoms with van der Waals surface area (Å²) in [5.41, 5.74) is 4.70. The molecule has 3 saturated heterocycles. The Morgan fingerprint density at radius 1 is 0.742 bits per heavy atom. The van der Waals surface area contributed by atoms with Gasteiger partial charge in [-0.05, 0) is 39.5 Å². The zero-order valence-electron chi connectivity index (χ0n) is 35.0. The summed E-state index contributed by atoms with van der Waals surface area (Å²) in [4.78, 5) is 28.8. The fraction of sp³-hybridized carbons (Fsp3) is 0.400. The molecule has 3 fully saturated rings. The molecule has 0 radical (unpaired) electrons. The molecule has 7 heterocycles. The average molecular weight is 874 g/mol. The van der Waals surface area contributed by atoms with Crippen LogP contribution in [0.15, 0.2) is 55.2 Å². The molecular formula is C45H48ClF4N9O3. The minimum absolute atomic E-state index is 0.130. The number of halogens is 5. The van der Waals surface area contributed by atoms with Crippen LogP contribution in [-0.4, -0.2) is 104 Å². The number of ether oxygens (including phenoxy) is 3. The molecule has 0 aliphatic carbocycles. The lowest BCUT2D eigenvalue weighted by Crippen LogP contribution is -2.36. The van der Waals surface area contributed by atoms with Crippen LogP contribution in [-0.2, 0) is 14.2 Å². The molecule has 2 atom stereocenters. The third kappa shape index (κ3) is 8.78. The van der Waals surface area contributed by atoms with Crippen molar-refractivity contribution < 1.29 is 31.8 Å². The predicted octanol–water partition coefficient (Wildman–Crippen LogP) is 8.96. The molecular weight excluding hydrogens is 826 g/mol. The van der Waals surface area contributed by atoms with Gasteiger partial charge in [0.05, 0.1) is 76.7 Å². The third-order valence-corrected chi connectivity index (χ3v) is 12.2. The lowest BCUT2D eigenvalue weighted by Gasteiger charge is -2.30. The first-order valence-electron chi connectivity index (χ1n) is 20.7. The zero-order valence-corrected chi connectivity index (χ0v) is 35.8. The first kappa shape index (κ1) is 43.2. The first-order valence-corrected chi connectivity index (χ1v) is 21.0. The summed E-state index contributed by atoms with van der Waals surface area (Å²) in [7, 11) is 3.34. The van der Waals surface area contributed by atoms with Gasteiger partial charge in [0.15, 0.2) is 0 Å². The molecule has 1 N–H and O–H groups in total. The Labute approximate surface area is 362 Å². The maximum absolute atomic E-state index is 15.5. The molecule has 3 aliphatic heterocycles. The number of aromatic nitrogens is 5. The van der Waals surface area contributed by atoms with Crippen molar-refractivity contribution in [3.8, 4) is 11.1 Å². The summed E-state index contributed by atoms with van der Waals surface area (Å²) in [5.74, 6) is -0.548. The highest BCUT2D eigenvalue weighted by molar-refractivity contribution is 6.36. The van der Waals surface area contributed by atoms with Gasteiger partial charge in [0.1, 0.15) is 47.0 Å². The monoisotopic (exact) mass is 873 g/mol. The van der Waals surface area contributed by atoms with E-state index in [0.29, 0.717) is 73.1 Å². The van der Waals surface area contributed by atoms with Crippen LogP contribution in [0.4, 0.5) is 46.4 Å². The molecule has 6 aromatic rings. The highest BCUT2D eigenvalue weighted by atomic mass is 35.5. The van der Waals surface area contributed by atoms with Gasteiger partial charge in [-0.1, -0.05) is 11.6 Å². The summed E-state index contributed by atoms with van der Waals surface area (Å²) in [5, 5.41) is 4.21. The quantitative estimate of drug-likeness (QED) is 0.133. The number of rotatable bonds is 10. The van der Waals surface area contributed by atoms with Crippen LogP contribution in [0.25, 0.3) is 32.9 Å². The minimum atomic E-state index is -0.683. The maximum Gasteiger partial charge on any atom is 0.137 e. The van der Waals surface area contributed by atoms with E-state index in [1.165, 1.54) is 18.5 Å². The summed E-state index contributed by atoms with van der Waals surface area (Å²) >= 11 is 6.33. The van der Waals surface area contributed by atoms with Crippen LogP contribution in [0.2, 0.25) is 5.02 Å². The third-order valence-electron chi connectivity index (χ3n) is 11.7. The fourth-order valence-electron chi connectivity index (χ4n) is 8.73. The molecule has 62 heavy (non-hydrogen) atoms. The van der Waals surface area contributed by atoms with E-state index in [2.05, 4.69) is 35.0 Å². The molecule has 4 aromatic heterocycles. The molecule has 0 amide bonds. The van der Waals surface area contributed by atoms with E-state index in [-0.39, 0.29) is 33.9 Å². The molecule has 2 aromatic carbocycles. The average Bonchev–Trinajstić information content (AvgIpc) is 3.93. The molecule has 0 saturated carbocycles. The summed E-state index contributed by atoms with van der Waals surface area (Å²) < 4.78 is 73.6. The summed E-state index contributed by atoms with van der Waals surface area (Å²) in [6, 6.07) is 6.52. The van der Waals surface area contributed by atoms with E-state index in [1.54, 1.807) is 32.8 Å². The van der Waals surface area contributed by atoms with Crippen LogP contribution in [0.1, 0.15) is 36.8 Å². The number of anilines is 5. The highest BCUT2D eigenvalue weighted by Gasteiger charge is 2.31. The second kappa shape index (κ2) is 18.9. The largest absolute Gasteiger partial charge is 0.383 e. The van der Waals surface area contributed by atoms with Crippen molar-refractivity contribution in [1.29, 1.82) is 0 Å². The molecule has 326 valence electrons. The predicted molar refractivity (Wildman–Crippen MR) is 234 cm³/mol. The Bertz CT molecular complexity index is 2570. The number of benzene rings is 2. The Kier molecular flexibility index (Phi) is 13.2. The van der Waals surface area contributed by atoms with Crippen LogP contribution in [0.3, 0.4) is 0 Å². The molecule has 0 unspecified atom stereocenters. The molecule has 12 nitrogen and oxygen atoms in total. The molecule has 17 heteroatoms. The van der Waals surface area contributed by atoms with Gasteiger partial charge in [-0.3, -0.25) is 0 Å². The summed E-state index contributed by atoms with van der Waals surface area (Å²) in [6.07, 6.45) is 10.6. The van der Waals surface area contributed by atoms with Gasteiger partial charge in [-0.2, -0.15) is 0 Å². The summed E-state index contributed by atoms with van der Waals surface area (Å²) in [6.45, 7) is 9.15. The normalized spacial score (nSPS) is 17.9. The van der Waals surface area contributed by atoms with Crippen LogP contribution < -0.4 is 20.0 Å². The molecule has 0 bridgehead atoms. The Balaban J connectivity index is 0.000000203. The number of hydrogen-bond acceptors (Lipinski definition) is 12. The van der Waals surface area contributed by atoms with Crippen molar-refractivity contribution >= 4 is 62.2 Å². The van der Waals surface area contributed by atoms with E-state index in [4.69, 9.17) is 35.8 Å². The Hall–Kier alpha value is -5.42. The van der Waals surface area contributed by atoms with Gasteiger partial charge in [0.25, 0.3) is 0 Å². The van der Waals surface area contributed by atoms with Gasteiger partial charge in [-0.15, -0.1) is 0 Å². The van der Waals surface area contributed by atoms with Crippen LogP contribution in [0, 0.1) is 37.1 Å². The molecule has 3 aliphatic rings. The van der Waals surface area contributed by atoms with Crippen LogP contribution in [0.5, 0.6) is 0 Å². The smallest absolute Gasteiger partial charge is 0.137 e. The zero-order chi connectivity index (χ0) is 43.5. The van der Waals surface area contributed by atoms with E-state index in [1.807, 2.05) is 19.9 Å². The van der Waals surface area contributed by atoms with Gasteiger partial charge in [0, 0.05) is 112 Å². The van der Waals surface area contributed by atoms with Crippen LogP contribution >= 0.6 is 11.6 Å². The van der Waals surface area contributed by atoms with Crippen molar-refractivity contribution in [3.63, 3.8) is 0 Å². The second-order valence-electron chi connectivity index (χ2n) is 15.7. The second-order valence-corrected chi connectivity index (χ2v) is 16.1. The highest BCUT2D eigenvalue weighted by Crippen LogP contribution is 2.41. The lowest BCUT2D eigenvalue weighted by atomic mass is 10.0. The number of morpholine rings is 1. The van der Waals surface area contributed by atoms with Crippen molar-refractivity contribution in [1.82, 2.24) is 24.9 Å². The van der Waals surface area contributed by atoms with Gasteiger partial charge in [-0.25, -0.2) is 42.5 Å².